The van der Waals surface area contributed by atoms with Gasteiger partial charge in [0.2, 0.25) is 0 Å². The molecule has 0 saturated carbocycles. The number of hydrogen-bond donors (Lipinski definition) is 0. The van der Waals surface area contributed by atoms with Crippen LogP contribution in [-0.2, 0) is 9.59 Å². The third-order valence-corrected chi connectivity index (χ3v) is 3.62. The number of carbonyl (C=O) groups excluding carboxylic acids is 2. The fraction of sp³-hybridized carbons (Fsp3) is 0.875. The van der Waals surface area contributed by atoms with Crippen LogP contribution in [0, 0.1) is 5.92 Å². The molecular formula is C16H30O2. The zero-order valence-corrected chi connectivity index (χ0v) is 12.5. The molecule has 0 aliphatic heterocycles. The van der Waals surface area contributed by atoms with Crippen molar-refractivity contribution in [3.05, 3.63) is 0 Å². The Morgan fingerprint density at radius 2 is 1.28 bits per heavy atom. The van der Waals surface area contributed by atoms with Gasteiger partial charge in [0, 0.05) is 6.42 Å². The summed E-state index contributed by atoms with van der Waals surface area (Å²) in [5, 5.41) is 0. The molecule has 0 fully saturated rings. The third kappa shape index (κ3) is 9.38. The van der Waals surface area contributed by atoms with Crippen molar-refractivity contribution in [3.63, 3.8) is 0 Å². The van der Waals surface area contributed by atoms with Gasteiger partial charge in [-0.3, -0.25) is 9.59 Å². The lowest BCUT2D eigenvalue weighted by Gasteiger charge is -2.06. The van der Waals surface area contributed by atoms with Crippen LogP contribution in [-0.4, -0.2) is 11.6 Å². The van der Waals surface area contributed by atoms with E-state index in [-0.39, 0.29) is 17.5 Å². The average molecular weight is 254 g/mol. The normalized spacial score (nSPS) is 12.4. The summed E-state index contributed by atoms with van der Waals surface area (Å²) >= 11 is 0. The van der Waals surface area contributed by atoms with Gasteiger partial charge in [0.05, 0.1) is 5.92 Å². The van der Waals surface area contributed by atoms with Crippen LogP contribution in [0.4, 0.5) is 0 Å². The number of Topliss-reactive ketones (excluding diaryl/α,β-unsaturated/α-hetero) is 2. The highest BCUT2D eigenvalue weighted by Gasteiger charge is 2.16. The van der Waals surface area contributed by atoms with Gasteiger partial charge in [-0.15, -0.1) is 0 Å². The highest BCUT2D eigenvalue weighted by molar-refractivity contribution is 6.00. The number of rotatable bonds is 12. The van der Waals surface area contributed by atoms with Gasteiger partial charge in [0.1, 0.15) is 11.6 Å². The Bertz CT molecular complexity index is 233. The van der Waals surface area contributed by atoms with Gasteiger partial charge in [-0.1, -0.05) is 58.3 Å². The first kappa shape index (κ1) is 17.3. The lowest BCUT2D eigenvalue weighted by atomic mass is 9.97. The van der Waals surface area contributed by atoms with Crippen molar-refractivity contribution in [1.82, 2.24) is 0 Å². The molecule has 0 aromatic rings. The van der Waals surface area contributed by atoms with Gasteiger partial charge in [-0.2, -0.15) is 0 Å². The summed E-state index contributed by atoms with van der Waals surface area (Å²) < 4.78 is 0. The number of unbranched alkanes of at least 4 members (excludes halogenated alkanes) is 8. The van der Waals surface area contributed by atoms with Crippen molar-refractivity contribution in [2.24, 2.45) is 5.92 Å². The Morgan fingerprint density at radius 3 is 1.72 bits per heavy atom. The molecule has 1 unspecified atom stereocenters. The van der Waals surface area contributed by atoms with Crippen molar-refractivity contribution in [1.29, 1.82) is 0 Å². The zero-order valence-electron chi connectivity index (χ0n) is 12.5. The minimum atomic E-state index is -0.390. The summed E-state index contributed by atoms with van der Waals surface area (Å²) in [6, 6.07) is 0. The molecule has 0 aromatic carbocycles. The predicted octanol–water partition coefficient (Wildman–Crippen LogP) is 4.70. The molecule has 2 heteroatoms. The van der Waals surface area contributed by atoms with Gasteiger partial charge in [-0.05, 0) is 20.3 Å². The molecule has 2 nitrogen and oxygen atoms in total. The molecule has 0 bridgehead atoms. The predicted molar refractivity (Wildman–Crippen MR) is 76.7 cm³/mol. The Balaban J connectivity index is 3.30. The van der Waals surface area contributed by atoms with E-state index in [9.17, 15) is 9.59 Å². The van der Waals surface area contributed by atoms with E-state index in [1.807, 2.05) is 0 Å². The molecule has 0 saturated heterocycles. The molecule has 0 spiro atoms. The fourth-order valence-electron chi connectivity index (χ4n) is 2.05. The second kappa shape index (κ2) is 11.4. The monoisotopic (exact) mass is 254 g/mol. The summed E-state index contributed by atoms with van der Waals surface area (Å²) in [6.07, 6.45) is 11.9. The van der Waals surface area contributed by atoms with E-state index in [0.29, 0.717) is 6.42 Å². The molecule has 106 valence electrons. The molecule has 1 atom stereocenters. The maximum Gasteiger partial charge on any atom is 0.143 e. The van der Waals surface area contributed by atoms with Crippen LogP contribution in [0.5, 0.6) is 0 Å². The Labute approximate surface area is 113 Å². The minimum absolute atomic E-state index is 0.00377. The van der Waals surface area contributed by atoms with E-state index in [0.717, 1.165) is 12.8 Å². The smallest absolute Gasteiger partial charge is 0.143 e. The van der Waals surface area contributed by atoms with Crippen molar-refractivity contribution < 1.29 is 9.59 Å². The molecule has 18 heavy (non-hydrogen) atoms. The van der Waals surface area contributed by atoms with E-state index in [2.05, 4.69) is 6.92 Å². The number of hydrogen-bond acceptors (Lipinski definition) is 2. The van der Waals surface area contributed by atoms with E-state index in [1.54, 1.807) is 6.92 Å². The third-order valence-electron chi connectivity index (χ3n) is 3.62. The van der Waals surface area contributed by atoms with Gasteiger partial charge < -0.3 is 0 Å². The van der Waals surface area contributed by atoms with Crippen LogP contribution < -0.4 is 0 Å². The number of ketones is 2. The Morgan fingerprint density at radius 1 is 0.833 bits per heavy atom. The molecule has 0 radical (unpaired) electrons. The van der Waals surface area contributed by atoms with E-state index in [4.69, 9.17) is 0 Å². The molecule has 0 rings (SSSR count). The molecular weight excluding hydrogens is 224 g/mol. The van der Waals surface area contributed by atoms with Gasteiger partial charge in [0.25, 0.3) is 0 Å². The first-order valence-electron chi connectivity index (χ1n) is 7.62. The summed E-state index contributed by atoms with van der Waals surface area (Å²) in [5.74, 6) is -0.277. The van der Waals surface area contributed by atoms with Crippen LogP contribution in [0.25, 0.3) is 0 Å². The molecule has 0 heterocycles. The zero-order chi connectivity index (χ0) is 13.8. The lowest BCUT2D eigenvalue weighted by molar-refractivity contribution is -0.130. The fourth-order valence-corrected chi connectivity index (χ4v) is 2.05. The largest absolute Gasteiger partial charge is 0.299 e. The minimum Gasteiger partial charge on any atom is -0.299 e. The van der Waals surface area contributed by atoms with Crippen LogP contribution >= 0.6 is 0 Å². The molecule has 0 N–H and O–H groups in total. The summed E-state index contributed by atoms with van der Waals surface area (Å²) in [5.41, 5.74) is 0. The summed E-state index contributed by atoms with van der Waals surface area (Å²) in [4.78, 5) is 22.6. The van der Waals surface area contributed by atoms with Gasteiger partial charge in [-0.25, -0.2) is 0 Å². The second-order valence-electron chi connectivity index (χ2n) is 5.38. The molecule has 0 aromatic heterocycles. The summed E-state index contributed by atoms with van der Waals surface area (Å²) in [6.45, 7) is 5.45. The van der Waals surface area contributed by atoms with Crippen molar-refractivity contribution in [2.45, 2.75) is 85.0 Å². The van der Waals surface area contributed by atoms with E-state index in [1.165, 1.54) is 51.9 Å². The molecule has 0 aliphatic rings. The molecule has 0 amide bonds. The average Bonchev–Trinajstić information content (AvgIpc) is 2.35. The van der Waals surface area contributed by atoms with Crippen LogP contribution in [0.3, 0.4) is 0 Å². The number of carbonyl (C=O) groups is 2. The van der Waals surface area contributed by atoms with Crippen molar-refractivity contribution in [2.75, 3.05) is 0 Å². The van der Waals surface area contributed by atoms with Crippen LogP contribution in [0.15, 0.2) is 0 Å². The maximum atomic E-state index is 11.6. The second-order valence-corrected chi connectivity index (χ2v) is 5.38. The summed E-state index contributed by atoms with van der Waals surface area (Å²) in [7, 11) is 0. The van der Waals surface area contributed by atoms with Crippen molar-refractivity contribution in [3.8, 4) is 0 Å². The van der Waals surface area contributed by atoms with Crippen molar-refractivity contribution >= 4 is 11.6 Å². The Hall–Kier alpha value is -0.660. The topological polar surface area (TPSA) is 34.1 Å². The van der Waals surface area contributed by atoms with Crippen LogP contribution in [0.2, 0.25) is 0 Å². The molecule has 0 aliphatic carbocycles. The highest BCUT2D eigenvalue weighted by atomic mass is 16.1. The van der Waals surface area contributed by atoms with Crippen LogP contribution in [0.1, 0.15) is 85.0 Å². The Kier molecular flexibility index (Phi) is 11.0. The quantitative estimate of drug-likeness (QED) is 0.373. The SMILES string of the molecule is CCCCCCCCCCCC(=O)C(C)C(C)=O. The first-order chi connectivity index (χ1) is 8.59. The first-order valence-corrected chi connectivity index (χ1v) is 7.62. The van der Waals surface area contributed by atoms with Gasteiger partial charge >= 0.3 is 0 Å². The highest BCUT2D eigenvalue weighted by Crippen LogP contribution is 2.12. The van der Waals surface area contributed by atoms with E-state index >= 15 is 0 Å². The van der Waals surface area contributed by atoms with E-state index < -0.39 is 0 Å². The van der Waals surface area contributed by atoms with Gasteiger partial charge in [0.15, 0.2) is 0 Å². The maximum absolute atomic E-state index is 11.6. The lowest BCUT2D eigenvalue weighted by Crippen LogP contribution is -2.18. The standard InChI is InChI=1S/C16H30O2/c1-4-5-6-7-8-9-10-11-12-13-16(18)14(2)15(3)17/h14H,4-13H2,1-3H3.